The summed E-state index contributed by atoms with van der Waals surface area (Å²) in [5.74, 6) is 0.181. The van der Waals surface area contributed by atoms with Crippen molar-refractivity contribution < 1.29 is 13.5 Å². The number of alkyl halides is 2. The smallest absolute Gasteiger partial charge is 0.297 e. The molecule has 2 atom stereocenters. The molecule has 7 nitrogen and oxygen atoms in total. The first-order chi connectivity index (χ1) is 14.1. The van der Waals surface area contributed by atoms with Crippen molar-refractivity contribution in [2.75, 3.05) is 18.5 Å². The Balaban J connectivity index is 1.50. The van der Waals surface area contributed by atoms with E-state index in [0.717, 1.165) is 18.5 Å². The summed E-state index contributed by atoms with van der Waals surface area (Å²) < 4.78 is 33.6. The van der Waals surface area contributed by atoms with Gasteiger partial charge in [-0.2, -0.15) is 5.10 Å². The minimum atomic E-state index is -2.78. The number of hydrogen-bond acceptors (Lipinski definition) is 6. The van der Waals surface area contributed by atoms with E-state index >= 15 is 0 Å². The molecule has 2 fully saturated rings. The van der Waals surface area contributed by atoms with Gasteiger partial charge in [-0.15, -0.1) is 0 Å². The number of fused-ring (bicyclic) bond motifs is 1. The van der Waals surface area contributed by atoms with Gasteiger partial charge >= 0.3 is 0 Å². The summed E-state index contributed by atoms with van der Waals surface area (Å²) in [5, 5.41) is 8.39. The Hall–Kier alpha value is -2.94. The molecule has 0 bridgehead atoms. The van der Waals surface area contributed by atoms with E-state index in [0.29, 0.717) is 35.9 Å². The Morgan fingerprint density at radius 1 is 1.10 bits per heavy atom. The summed E-state index contributed by atoms with van der Waals surface area (Å²) in [5.41, 5.74) is 1.13. The van der Waals surface area contributed by atoms with Gasteiger partial charge in [0.15, 0.2) is 5.82 Å². The third kappa shape index (κ3) is 3.46. The number of nitrogens with one attached hydrogen (secondary N) is 1. The number of ether oxygens (including phenoxy) is 1. The number of benzene rings is 1. The van der Waals surface area contributed by atoms with E-state index in [1.165, 1.54) is 10.7 Å². The first-order valence-corrected chi connectivity index (χ1v) is 9.59. The lowest BCUT2D eigenvalue weighted by atomic mass is 10.1. The van der Waals surface area contributed by atoms with Crippen LogP contribution in [0.4, 0.5) is 14.6 Å². The maximum Gasteiger partial charge on any atom is 0.297 e. The normalized spacial score (nSPS) is 21.8. The number of hydrogen-bond donors (Lipinski definition) is 1. The van der Waals surface area contributed by atoms with E-state index < -0.39 is 12.2 Å². The van der Waals surface area contributed by atoms with Crippen LogP contribution in [-0.4, -0.2) is 39.0 Å². The van der Waals surface area contributed by atoms with Crippen LogP contribution in [0.25, 0.3) is 10.9 Å². The Morgan fingerprint density at radius 2 is 1.93 bits per heavy atom. The lowest BCUT2D eigenvalue weighted by Crippen LogP contribution is -2.37. The SMILES string of the molecule is O=c1ccc(C2CC2)nn1C1COCC1Nc1nc(C(F)F)nc2ccccc12. The molecule has 1 aliphatic heterocycles. The van der Waals surface area contributed by atoms with Crippen LogP contribution in [0.1, 0.15) is 42.7 Å². The van der Waals surface area contributed by atoms with Gasteiger partial charge in [-0.25, -0.2) is 23.4 Å². The maximum absolute atomic E-state index is 13.3. The second kappa shape index (κ2) is 7.14. The van der Waals surface area contributed by atoms with Crippen LogP contribution in [0.2, 0.25) is 0 Å². The van der Waals surface area contributed by atoms with Gasteiger partial charge in [0.05, 0.1) is 30.5 Å². The molecule has 1 saturated heterocycles. The van der Waals surface area contributed by atoms with Gasteiger partial charge in [-0.05, 0) is 31.0 Å². The van der Waals surface area contributed by atoms with Crippen molar-refractivity contribution in [3.05, 3.63) is 58.3 Å². The number of rotatable bonds is 5. The van der Waals surface area contributed by atoms with Gasteiger partial charge in [0.1, 0.15) is 11.9 Å². The fraction of sp³-hybridized carbons (Fsp3) is 0.400. The van der Waals surface area contributed by atoms with Crippen LogP contribution in [-0.2, 0) is 4.74 Å². The van der Waals surface area contributed by atoms with Crippen molar-refractivity contribution in [1.82, 2.24) is 19.7 Å². The highest BCUT2D eigenvalue weighted by atomic mass is 19.3. The Labute approximate surface area is 164 Å². The molecule has 5 rings (SSSR count). The highest BCUT2D eigenvalue weighted by Gasteiger charge is 2.34. The third-order valence-corrected chi connectivity index (χ3v) is 5.34. The highest BCUT2D eigenvalue weighted by Crippen LogP contribution is 2.38. The number of halogens is 2. The Kier molecular flexibility index (Phi) is 4.46. The molecular weight excluding hydrogens is 380 g/mol. The van der Waals surface area contributed by atoms with Gasteiger partial charge in [-0.3, -0.25) is 4.79 Å². The third-order valence-electron chi connectivity index (χ3n) is 5.34. The summed E-state index contributed by atoms with van der Waals surface area (Å²) in [6.07, 6.45) is -0.621. The van der Waals surface area contributed by atoms with Crippen molar-refractivity contribution in [2.45, 2.75) is 37.3 Å². The number of aromatic nitrogens is 4. The van der Waals surface area contributed by atoms with Crippen LogP contribution in [0.5, 0.6) is 0 Å². The molecule has 2 aliphatic rings. The summed E-state index contributed by atoms with van der Waals surface area (Å²) in [7, 11) is 0. The van der Waals surface area contributed by atoms with E-state index in [2.05, 4.69) is 20.4 Å². The van der Waals surface area contributed by atoms with E-state index in [9.17, 15) is 13.6 Å². The van der Waals surface area contributed by atoms with E-state index in [4.69, 9.17) is 4.74 Å². The minimum Gasteiger partial charge on any atom is -0.377 e. The van der Waals surface area contributed by atoms with E-state index in [1.54, 1.807) is 30.3 Å². The lowest BCUT2D eigenvalue weighted by Gasteiger charge is -2.22. The first-order valence-electron chi connectivity index (χ1n) is 9.59. The summed E-state index contributed by atoms with van der Waals surface area (Å²) >= 11 is 0. The molecule has 1 N–H and O–H groups in total. The second-order valence-corrected chi connectivity index (χ2v) is 7.42. The molecule has 3 aromatic rings. The Bertz CT molecular complexity index is 1120. The molecular formula is C20H19F2N5O2. The number of nitrogens with zero attached hydrogens (tertiary/aromatic N) is 4. The minimum absolute atomic E-state index is 0.211. The predicted molar refractivity (Wildman–Crippen MR) is 102 cm³/mol. The fourth-order valence-electron chi connectivity index (χ4n) is 3.67. The highest BCUT2D eigenvalue weighted by molar-refractivity contribution is 5.89. The molecule has 1 aliphatic carbocycles. The average molecular weight is 399 g/mol. The average Bonchev–Trinajstić information content (AvgIpc) is 3.47. The number of anilines is 1. The molecule has 2 unspecified atom stereocenters. The van der Waals surface area contributed by atoms with Crippen molar-refractivity contribution in [2.24, 2.45) is 0 Å². The molecule has 0 radical (unpaired) electrons. The van der Waals surface area contributed by atoms with Crippen molar-refractivity contribution in [3.63, 3.8) is 0 Å². The van der Waals surface area contributed by atoms with Gasteiger partial charge in [0, 0.05) is 17.4 Å². The fourth-order valence-corrected chi connectivity index (χ4v) is 3.67. The zero-order chi connectivity index (χ0) is 20.0. The zero-order valence-corrected chi connectivity index (χ0v) is 15.5. The van der Waals surface area contributed by atoms with Gasteiger partial charge in [0.25, 0.3) is 12.0 Å². The molecule has 3 heterocycles. The molecule has 150 valence electrons. The molecule has 29 heavy (non-hydrogen) atoms. The van der Waals surface area contributed by atoms with Gasteiger partial charge < -0.3 is 10.1 Å². The van der Waals surface area contributed by atoms with Crippen LogP contribution in [0.15, 0.2) is 41.2 Å². The topological polar surface area (TPSA) is 81.9 Å². The zero-order valence-electron chi connectivity index (χ0n) is 15.5. The van der Waals surface area contributed by atoms with Crippen LogP contribution >= 0.6 is 0 Å². The lowest BCUT2D eigenvalue weighted by molar-refractivity contribution is 0.141. The molecule has 9 heteroatoms. The number of para-hydroxylation sites is 1. The summed E-state index contributed by atoms with van der Waals surface area (Å²) in [4.78, 5) is 20.4. The maximum atomic E-state index is 13.3. The van der Waals surface area contributed by atoms with E-state index in [1.807, 2.05) is 0 Å². The van der Waals surface area contributed by atoms with E-state index in [-0.39, 0.29) is 17.6 Å². The molecule has 0 spiro atoms. The van der Waals surface area contributed by atoms with Gasteiger partial charge in [-0.1, -0.05) is 12.1 Å². The first kappa shape index (κ1) is 18.1. The predicted octanol–water partition coefficient (Wildman–Crippen LogP) is 3.05. The van der Waals surface area contributed by atoms with Crippen molar-refractivity contribution in [1.29, 1.82) is 0 Å². The molecule has 1 aromatic carbocycles. The quantitative estimate of drug-likeness (QED) is 0.710. The van der Waals surface area contributed by atoms with Crippen molar-refractivity contribution >= 4 is 16.7 Å². The largest absolute Gasteiger partial charge is 0.377 e. The Morgan fingerprint density at radius 3 is 2.72 bits per heavy atom. The summed E-state index contributed by atoms with van der Waals surface area (Å²) in [6, 6.07) is 9.60. The van der Waals surface area contributed by atoms with Crippen LogP contribution in [0.3, 0.4) is 0 Å². The summed E-state index contributed by atoms with van der Waals surface area (Å²) in [6.45, 7) is 0.623. The molecule has 1 saturated carbocycles. The van der Waals surface area contributed by atoms with Crippen LogP contribution in [0, 0.1) is 0 Å². The molecule has 2 aromatic heterocycles. The van der Waals surface area contributed by atoms with Crippen LogP contribution < -0.4 is 10.9 Å². The standard InChI is InChI=1S/C20H19F2N5O2/c21-18(22)20-23-14-4-2-1-3-12(14)19(25-20)24-15-9-29-10-16(15)27-17(28)8-7-13(26-27)11-5-6-11/h1-4,7-8,11,15-16,18H,5-6,9-10H2,(H,23,24,25). The van der Waals surface area contributed by atoms with Gasteiger partial charge in [0.2, 0.25) is 0 Å². The second-order valence-electron chi connectivity index (χ2n) is 7.42. The van der Waals surface area contributed by atoms with Crippen molar-refractivity contribution in [3.8, 4) is 0 Å². The monoisotopic (exact) mass is 399 g/mol. The molecule has 0 amide bonds.